The highest BCUT2D eigenvalue weighted by Gasteiger charge is 2.37. The Kier molecular flexibility index (Phi) is 2.58. The lowest BCUT2D eigenvalue weighted by Gasteiger charge is -2.32. The van der Waals surface area contributed by atoms with E-state index >= 15 is 0 Å². The third-order valence-corrected chi connectivity index (χ3v) is 1.64. The van der Waals surface area contributed by atoms with Gasteiger partial charge >= 0.3 is 0 Å². The van der Waals surface area contributed by atoms with E-state index in [1.165, 1.54) is 0 Å². The number of hydrogen-bond acceptors (Lipinski definition) is 1. The molecule has 0 aliphatic heterocycles. The Morgan fingerprint density at radius 1 is 0.800 bits per heavy atom. The number of rotatable bonds is 0. The van der Waals surface area contributed by atoms with Crippen LogP contribution in [0.25, 0.3) is 0 Å². The standard InChI is InChI=1S/C8H19BO/c1-7(2,3)9(10)8(4,5)6/h10H,1-6H3. The maximum absolute atomic E-state index is 9.72. The van der Waals surface area contributed by atoms with E-state index in [-0.39, 0.29) is 17.5 Å². The summed E-state index contributed by atoms with van der Waals surface area (Å²) < 4.78 is 0. The van der Waals surface area contributed by atoms with Crippen LogP contribution in [-0.4, -0.2) is 11.9 Å². The van der Waals surface area contributed by atoms with Gasteiger partial charge in [0.05, 0.1) is 0 Å². The molecule has 0 aliphatic rings. The molecule has 1 nitrogen and oxygen atoms in total. The molecule has 10 heavy (non-hydrogen) atoms. The van der Waals surface area contributed by atoms with Gasteiger partial charge in [-0.1, -0.05) is 41.5 Å². The lowest BCUT2D eigenvalue weighted by Crippen LogP contribution is -2.34. The third-order valence-electron chi connectivity index (χ3n) is 1.64. The maximum atomic E-state index is 9.72. The Labute approximate surface area is 64.9 Å². The van der Waals surface area contributed by atoms with Crippen LogP contribution in [0.5, 0.6) is 0 Å². The van der Waals surface area contributed by atoms with Crippen molar-refractivity contribution >= 4 is 6.92 Å². The molecule has 2 heteroatoms. The van der Waals surface area contributed by atoms with Crippen molar-refractivity contribution in [3.63, 3.8) is 0 Å². The van der Waals surface area contributed by atoms with Gasteiger partial charge in [-0.2, -0.15) is 0 Å². The van der Waals surface area contributed by atoms with Gasteiger partial charge in [0.1, 0.15) is 0 Å². The number of hydrogen-bond donors (Lipinski definition) is 1. The van der Waals surface area contributed by atoms with Gasteiger partial charge in [-0.25, -0.2) is 0 Å². The fourth-order valence-electron chi connectivity index (χ4n) is 1.30. The van der Waals surface area contributed by atoms with E-state index in [2.05, 4.69) is 41.5 Å². The molecule has 0 rings (SSSR count). The summed E-state index contributed by atoms with van der Waals surface area (Å²) in [6.45, 7) is 12.1. The first-order valence-electron chi connectivity index (χ1n) is 3.84. The third kappa shape index (κ3) is 2.74. The molecule has 0 heterocycles. The lowest BCUT2D eigenvalue weighted by atomic mass is 9.35. The molecule has 0 fully saturated rings. The topological polar surface area (TPSA) is 20.2 Å². The molecular weight excluding hydrogens is 123 g/mol. The van der Waals surface area contributed by atoms with E-state index in [1.807, 2.05) is 0 Å². The molecule has 0 aromatic carbocycles. The Bertz CT molecular complexity index is 93.4. The van der Waals surface area contributed by atoms with Gasteiger partial charge in [-0.15, -0.1) is 0 Å². The summed E-state index contributed by atoms with van der Waals surface area (Å²) in [5.41, 5.74) is 0. The monoisotopic (exact) mass is 142 g/mol. The van der Waals surface area contributed by atoms with Crippen molar-refractivity contribution in [1.29, 1.82) is 0 Å². The fraction of sp³-hybridized carbons (Fsp3) is 1.00. The first kappa shape index (κ1) is 10.0. The van der Waals surface area contributed by atoms with Gasteiger partial charge in [0.2, 0.25) is 0 Å². The summed E-state index contributed by atoms with van der Waals surface area (Å²) in [6, 6.07) is 0. The lowest BCUT2D eigenvalue weighted by molar-refractivity contribution is 0.456. The van der Waals surface area contributed by atoms with Crippen molar-refractivity contribution in [2.75, 3.05) is 0 Å². The maximum Gasteiger partial charge on any atom is 0.300 e. The molecule has 0 aromatic heterocycles. The van der Waals surface area contributed by atoms with Gasteiger partial charge in [0.15, 0.2) is 0 Å². The predicted molar refractivity (Wildman–Crippen MR) is 47.4 cm³/mol. The first-order chi connectivity index (χ1) is 4.15. The van der Waals surface area contributed by atoms with Crippen LogP contribution < -0.4 is 0 Å². The van der Waals surface area contributed by atoms with Crippen molar-refractivity contribution in [3.8, 4) is 0 Å². The Morgan fingerprint density at radius 3 is 1.00 bits per heavy atom. The average molecular weight is 142 g/mol. The zero-order valence-electron chi connectivity index (χ0n) is 8.02. The normalized spacial score (nSPS) is 13.5. The molecule has 60 valence electrons. The van der Waals surface area contributed by atoms with E-state index < -0.39 is 0 Å². The molecule has 0 radical (unpaired) electrons. The molecule has 0 spiro atoms. The summed E-state index contributed by atoms with van der Waals surface area (Å²) >= 11 is 0. The second-order valence-electron chi connectivity index (χ2n) is 5.13. The van der Waals surface area contributed by atoms with Crippen LogP contribution >= 0.6 is 0 Å². The SMILES string of the molecule is CC(C)(C)B(O)C(C)(C)C. The van der Waals surface area contributed by atoms with Gasteiger partial charge in [0, 0.05) is 0 Å². The van der Waals surface area contributed by atoms with E-state index in [0.717, 1.165) is 0 Å². The van der Waals surface area contributed by atoms with Crippen LogP contribution in [0.1, 0.15) is 41.5 Å². The fourth-order valence-corrected chi connectivity index (χ4v) is 1.30. The second kappa shape index (κ2) is 2.57. The molecule has 0 atom stereocenters. The van der Waals surface area contributed by atoms with Crippen molar-refractivity contribution < 1.29 is 5.02 Å². The summed E-state index contributed by atoms with van der Waals surface area (Å²) in [5, 5.41) is 9.72. The molecule has 0 amide bonds. The Balaban J connectivity index is 4.23. The van der Waals surface area contributed by atoms with Crippen LogP contribution in [0.3, 0.4) is 0 Å². The zero-order chi connectivity index (χ0) is 8.58. The highest BCUT2D eigenvalue weighted by molar-refractivity contribution is 6.57. The predicted octanol–water partition coefficient (Wildman–Crippen LogP) is 2.57. The van der Waals surface area contributed by atoms with Crippen LogP contribution in [0.4, 0.5) is 0 Å². The van der Waals surface area contributed by atoms with Crippen molar-refractivity contribution in [2.24, 2.45) is 0 Å². The largest absolute Gasteiger partial charge is 0.449 e. The van der Waals surface area contributed by atoms with E-state index in [0.29, 0.717) is 0 Å². The molecule has 0 aliphatic carbocycles. The first-order valence-corrected chi connectivity index (χ1v) is 3.84. The second-order valence-corrected chi connectivity index (χ2v) is 5.13. The summed E-state index contributed by atoms with van der Waals surface area (Å²) in [4.78, 5) is 0. The highest BCUT2D eigenvalue weighted by Crippen LogP contribution is 2.39. The molecule has 0 unspecified atom stereocenters. The van der Waals surface area contributed by atoms with Gasteiger partial charge in [-0.05, 0) is 10.6 Å². The van der Waals surface area contributed by atoms with Gasteiger partial charge in [-0.3, -0.25) is 0 Å². The van der Waals surface area contributed by atoms with Crippen LogP contribution in [0, 0.1) is 0 Å². The smallest absolute Gasteiger partial charge is 0.300 e. The molecule has 0 saturated carbocycles. The quantitative estimate of drug-likeness (QED) is 0.515. The van der Waals surface area contributed by atoms with Gasteiger partial charge < -0.3 is 5.02 Å². The molecular formula is C8H19BO. The average Bonchev–Trinajstić information content (AvgIpc) is 1.59. The van der Waals surface area contributed by atoms with Crippen molar-refractivity contribution in [2.45, 2.75) is 52.2 Å². The molecule has 0 aromatic rings. The van der Waals surface area contributed by atoms with Crippen LogP contribution in [0.15, 0.2) is 0 Å². The highest BCUT2D eigenvalue weighted by atomic mass is 16.2. The molecule has 1 N–H and O–H groups in total. The van der Waals surface area contributed by atoms with Crippen LogP contribution in [-0.2, 0) is 0 Å². The zero-order valence-corrected chi connectivity index (χ0v) is 8.02. The van der Waals surface area contributed by atoms with Gasteiger partial charge in [0.25, 0.3) is 6.92 Å². The van der Waals surface area contributed by atoms with Crippen molar-refractivity contribution in [3.05, 3.63) is 0 Å². The minimum atomic E-state index is -0.236. The minimum absolute atomic E-state index is 0.00174. The minimum Gasteiger partial charge on any atom is -0.449 e. The van der Waals surface area contributed by atoms with E-state index in [4.69, 9.17) is 0 Å². The van der Waals surface area contributed by atoms with Crippen molar-refractivity contribution in [1.82, 2.24) is 0 Å². The molecule has 0 bridgehead atoms. The van der Waals surface area contributed by atoms with Crippen LogP contribution in [0.2, 0.25) is 10.6 Å². The molecule has 0 saturated heterocycles. The Morgan fingerprint density at radius 2 is 1.00 bits per heavy atom. The Hall–Kier alpha value is 0.0249. The summed E-state index contributed by atoms with van der Waals surface area (Å²) in [7, 11) is 0. The summed E-state index contributed by atoms with van der Waals surface area (Å²) in [5.74, 6) is 0. The summed E-state index contributed by atoms with van der Waals surface area (Å²) in [6.07, 6.45) is 0. The van der Waals surface area contributed by atoms with E-state index in [9.17, 15) is 5.02 Å². The van der Waals surface area contributed by atoms with E-state index in [1.54, 1.807) is 0 Å².